The van der Waals surface area contributed by atoms with E-state index >= 15 is 0 Å². The van der Waals surface area contributed by atoms with Crippen LogP contribution in [0.5, 0.6) is 5.75 Å². The molecular formula is C17H11NO2. The van der Waals surface area contributed by atoms with Crippen molar-refractivity contribution in [3.63, 3.8) is 0 Å². The zero-order valence-corrected chi connectivity index (χ0v) is 10.6. The summed E-state index contributed by atoms with van der Waals surface area (Å²) in [6, 6.07) is 14.1. The van der Waals surface area contributed by atoms with Crippen LogP contribution in [0.4, 0.5) is 0 Å². The van der Waals surface area contributed by atoms with Gasteiger partial charge in [0.25, 0.3) is 0 Å². The Morgan fingerprint density at radius 2 is 1.90 bits per heavy atom. The molecular weight excluding hydrogens is 250 g/mol. The number of rotatable bonds is 1. The lowest BCUT2D eigenvalue weighted by atomic mass is 10.1. The van der Waals surface area contributed by atoms with E-state index in [1.807, 2.05) is 18.2 Å². The number of nitriles is 1. The molecule has 0 saturated carbocycles. The Morgan fingerprint density at radius 3 is 2.55 bits per heavy atom. The summed E-state index contributed by atoms with van der Waals surface area (Å²) < 4.78 is 0. The zero-order valence-electron chi connectivity index (χ0n) is 10.6. The Hall–Kier alpha value is -2.86. The maximum absolute atomic E-state index is 12.2. The summed E-state index contributed by atoms with van der Waals surface area (Å²) in [7, 11) is 0. The molecule has 0 aliphatic heterocycles. The first-order valence-electron chi connectivity index (χ1n) is 6.25. The van der Waals surface area contributed by atoms with Crippen molar-refractivity contribution in [3.05, 3.63) is 70.3 Å². The second-order valence-electron chi connectivity index (χ2n) is 4.71. The Balaban J connectivity index is 1.97. The fourth-order valence-corrected chi connectivity index (χ4v) is 2.39. The van der Waals surface area contributed by atoms with Gasteiger partial charge in [-0.2, -0.15) is 5.26 Å². The van der Waals surface area contributed by atoms with Crippen LogP contribution in [0.15, 0.2) is 48.0 Å². The predicted molar refractivity (Wildman–Crippen MR) is 75.3 cm³/mol. The van der Waals surface area contributed by atoms with E-state index in [-0.39, 0.29) is 11.5 Å². The van der Waals surface area contributed by atoms with Gasteiger partial charge >= 0.3 is 0 Å². The first kappa shape index (κ1) is 12.2. The Bertz CT molecular complexity index is 765. The van der Waals surface area contributed by atoms with Crippen molar-refractivity contribution in [2.24, 2.45) is 0 Å². The molecule has 3 heteroatoms. The quantitative estimate of drug-likeness (QED) is 0.802. The minimum atomic E-state index is -0.0414. The number of ketones is 1. The molecule has 0 aromatic heterocycles. The van der Waals surface area contributed by atoms with Crippen LogP contribution in [0.2, 0.25) is 0 Å². The molecule has 0 heterocycles. The summed E-state index contributed by atoms with van der Waals surface area (Å²) in [6.07, 6.45) is 2.25. The molecule has 2 aromatic rings. The zero-order chi connectivity index (χ0) is 14.1. The number of phenols is 1. The van der Waals surface area contributed by atoms with Crippen molar-refractivity contribution >= 4 is 11.9 Å². The normalized spacial score (nSPS) is 15.2. The second-order valence-corrected chi connectivity index (χ2v) is 4.71. The maximum atomic E-state index is 12.2. The highest BCUT2D eigenvalue weighted by molar-refractivity contribution is 6.16. The molecule has 0 saturated heterocycles. The molecule has 1 aliphatic carbocycles. The van der Waals surface area contributed by atoms with Crippen molar-refractivity contribution in [2.75, 3.05) is 0 Å². The molecule has 0 amide bonds. The number of allylic oxidation sites excluding steroid dienone is 1. The van der Waals surface area contributed by atoms with E-state index in [0.717, 1.165) is 5.56 Å². The van der Waals surface area contributed by atoms with Crippen molar-refractivity contribution < 1.29 is 9.90 Å². The van der Waals surface area contributed by atoms with Crippen LogP contribution in [-0.2, 0) is 6.42 Å². The van der Waals surface area contributed by atoms with Gasteiger partial charge in [0.2, 0.25) is 0 Å². The molecule has 3 rings (SSSR count). The van der Waals surface area contributed by atoms with E-state index < -0.39 is 0 Å². The maximum Gasteiger partial charge on any atom is 0.189 e. The molecule has 0 atom stereocenters. The predicted octanol–water partition coefficient (Wildman–Crippen LogP) is 3.09. The molecule has 0 fully saturated rings. The number of benzene rings is 2. The van der Waals surface area contributed by atoms with E-state index in [0.29, 0.717) is 28.7 Å². The average Bonchev–Trinajstić information content (AvgIpc) is 2.79. The van der Waals surface area contributed by atoms with E-state index in [1.54, 1.807) is 30.3 Å². The van der Waals surface area contributed by atoms with Gasteiger partial charge in [0.15, 0.2) is 5.78 Å². The van der Waals surface area contributed by atoms with Gasteiger partial charge in [-0.05, 0) is 29.8 Å². The third-order valence-corrected chi connectivity index (χ3v) is 3.44. The largest absolute Gasteiger partial charge is 0.508 e. The minimum Gasteiger partial charge on any atom is -0.508 e. The first-order chi connectivity index (χ1) is 9.69. The summed E-state index contributed by atoms with van der Waals surface area (Å²) in [6.45, 7) is 0. The van der Waals surface area contributed by atoms with Gasteiger partial charge in [-0.25, -0.2) is 0 Å². The monoisotopic (exact) mass is 261 g/mol. The summed E-state index contributed by atoms with van der Waals surface area (Å²) >= 11 is 0. The van der Waals surface area contributed by atoms with Gasteiger partial charge in [0.1, 0.15) is 5.75 Å². The van der Waals surface area contributed by atoms with E-state index in [4.69, 9.17) is 5.26 Å². The molecule has 20 heavy (non-hydrogen) atoms. The third kappa shape index (κ3) is 1.98. The number of Topliss-reactive ketones (excluding diaryl/α,β-unsaturated/α-hetero) is 1. The average molecular weight is 261 g/mol. The van der Waals surface area contributed by atoms with Gasteiger partial charge in [-0.3, -0.25) is 4.79 Å². The number of hydrogen-bond acceptors (Lipinski definition) is 3. The molecule has 0 bridgehead atoms. The molecule has 1 aliphatic rings. The first-order valence-corrected chi connectivity index (χ1v) is 6.25. The Labute approximate surface area is 116 Å². The van der Waals surface area contributed by atoms with Gasteiger partial charge in [-0.1, -0.05) is 24.3 Å². The van der Waals surface area contributed by atoms with Crippen molar-refractivity contribution in [1.82, 2.24) is 0 Å². The SMILES string of the molecule is N#Cc1ccc(/C=C2\Cc3c(O)cccc3C2=O)cc1. The van der Waals surface area contributed by atoms with E-state index in [9.17, 15) is 9.90 Å². The molecule has 3 nitrogen and oxygen atoms in total. The lowest BCUT2D eigenvalue weighted by molar-refractivity contribution is 0.104. The van der Waals surface area contributed by atoms with Crippen LogP contribution >= 0.6 is 0 Å². The molecule has 0 unspecified atom stereocenters. The van der Waals surface area contributed by atoms with Gasteiger partial charge in [0, 0.05) is 23.1 Å². The summed E-state index contributed by atoms with van der Waals surface area (Å²) in [5.41, 5.74) is 3.39. The lowest BCUT2D eigenvalue weighted by Crippen LogP contribution is -1.94. The van der Waals surface area contributed by atoms with Crippen LogP contribution in [0.3, 0.4) is 0 Å². The number of carbonyl (C=O) groups is 1. The standard InChI is InChI=1S/C17H11NO2/c18-10-12-6-4-11(5-7-12)8-13-9-15-14(17(13)20)2-1-3-16(15)19/h1-8,19H,9H2/b13-8+. The fourth-order valence-electron chi connectivity index (χ4n) is 2.39. The van der Waals surface area contributed by atoms with Crippen molar-refractivity contribution in [2.45, 2.75) is 6.42 Å². The number of aromatic hydroxyl groups is 1. The smallest absolute Gasteiger partial charge is 0.189 e. The molecule has 2 aromatic carbocycles. The fraction of sp³-hybridized carbons (Fsp3) is 0.0588. The molecule has 1 N–H and O–H groups in total. The lowest BCUT2D eigenvalue weighted by Gasteiger charge is -1.98. The molecule has 0 spiro atoms. The van der Waals surface area contributed by atoms with Gasteiger partial charge < -0.3 is 5.11 Å². The third-order valence-electron chi connectivity index (χ3n) is 3.44. The van der Waals surface area contributed by atoms with E-state index in [2.05, 4.69) is 6.07 Å². The minimum absolute atomic E-state index is 0.0414. The Kier molecular flexibility index (Phi) is 2.85. The number of hydrogen-bond donors (Lipinski definition) is 1. The number of phenolic OH excluding ortho intramolecular Hbond substituents is 1. The van der Waals surface area contributed by atoms with Crippen molar-refractivity contribution in [1.29, 1.82) is 5.26 Å². The van der Waals surface area contributed by atoms with Crippen molar-refractivity contribution in [3.8, 4) is 11.8 Å². The number of fused-ring (bicyclic) bond motifs is 1. The summed E-state index contributed by atoms with van der Waals surface area (Å²) in [5.74, 6) is 0.124. The number of nitrogens with zero attached hydrogens (tertiary/aromatic N) is 1. The van der Waals surface area contributed by atoms with Crippen LogP contribution in [0.1, 0.15) is 27.0 Å². The summed E-state index contributed by atoms with van der Waals surface area (Å²) in [4.78, 5) is 12.2. The second kappa shape index (κ2) is 4.67. The van der Waals surface area contributed by atoms with Crippen LogP contribution in [0.25, 0.3) is 6.08 Å². The van der Waals surface area contributed by atoms with Crippen LogP contribution in [0, 0.1) is 11.3 Å². The van der Waals surface area contributed by atoms with Gasteiger partial charge in [0.05, 0.1) is 11.6 Å². The highest BCUT2D eigenvalue weighted by atomic mass is 16.3. The molecule has 96 valence electrons. The van der Waals surface area contributed by atoms with Crippen LogP contribution in [-0.4, -0.2) is 10.9 Å². The topological polar surface area (TPSA) is 61.1 Å². The van der Waals surface area contributed by atoms with Crippen LogP contribution < -0.4 is 0 Å². The molecule has 0 radical (unpaired) electrons. The highest BCUT2D eigenvalue weighted by Crippen LogP contribution is 2.33. The summed E-state index contributed by atoms with van der Waals surface area (Å²) in [5, 5.41) is 18.5. The Morgan fingerprint density at radius 1 is 1.15 bits per heavy atom. The van der Waals surface area contributed by atoms with E-state index in [1.165, 1.54) is 0 Å². The highest BCUT2D eigenvalue weighted by Gasteiger charge is 2.26. The van der Waals surface area contributed by atoms with Gasteiger partial charge in [-0.15, -0.1) is 0 Å². The number of carbonyl (C=O) groups excluding carboxylic acids is 1.